The van der Waals surface area contributed by atoms with Gasteiger partial charge in [-0.3, -0.25) is 4.79 Å². The average Bonchev–Trinajstić information content (AvgIpc) is 2.27. The molecule has 2 fully saturated rings. The third kappa shape index (κ3) is 1.88. The topological polar surface area (TPSA) is 55.4 Å². The fourth-order valence-electron chi connectivity index (χ4n) is 1.99. The van der Waals surface area contributed by atoms with Crippen LogP contribution in [0.2, 0.25) is 0 Å². The number of hydrogen-bond acceptors (Lipinski definition) is 3. The highest BCUT2D eigenvalue weighted by Crippen LogP contribution is 2.29. The van der Waals surface area contributed by atoms with Crippen LogP contribution in [0.1, 0.15) is 32.1 Å². The Morgan fingerprint density at radius 2 is 1.94 bits per heavy atom. The summed E-state index contributed by atoms with van der Waals surface area (Å²) in [6.07, 6.45) is 4.16. The van der Waals surface area contributed by atoms with E-state index in [4.69, 9.17) is 4.74 Å². The number of amides is 1. The molecule has 1 aliphatic carbocycles. The van der Waals surface area contributed by atoms with E-state index in [9.17, 15) is 18.4 Å². The average molecular weight is 233 g/mol. The summed E-state index contributed by atoms with van der Waals surface area (Å²) < 4.78 is 30.7. The van der Waals surface area contributed by atoms with Crippen LogP contribution in [0.3, 0.4) is 0 Å². The predicted molar refractivity (Wildman–Crippen MR) is 49.8 cm³/mol. The lowest BCUT2D eigenvalue weighted by atomic mass is 9.97. The molecule has 1 amide bonds. The van der Waals surface area contributed by atoms with Crippen LogP contribution in [-0.2, 0) is 14.3 Å². The van der Waals surface area contributed by atoms with Crippen LogP contribution in [0, 0.1) is 0 Å². The lowest BCUT2D eigenvalue weighted by Gasteiger charge is -2.35. The first-order valence-corrected chi connectivity index (χ1v) is 5.41. The van der Waals surface area contributed by atoms with E-state index in [1.54, 1.807) is 0 Å². The Morgan fingerprint density at radius 1 is 1.31 bits per heavy atom. The van der Waals surface area contributed by atoms with Gasteiger partial charge in [-0.05, 0) is 25.7 Å². The second kappa shape index (κ2) is 3.99. The largest absolute Gasteiger partial charge is 0.461 e. The Labute approximate surface area is 91.3 Å². The maximum absolute atomic E-state index is 12.9. The van der Waals surface area contributed by atoms with E-state index in [-0.39, 0.29) is 6.10 Å². The SMILES string of the molecule is O=C(OC1CCCCC1)[C@H]1NC(=O)C1(F)F. The lowest BCUT2D eigenvalue weighted by Crippen LogP contribution is -2.71. The van der Waals surface area contributed by atoms with Crippen LogP contribution in [-0.4, -0.2) is 29.9 Å². The summed E-state index contributed by atoms with van der Waals surface area (Å²) in [5.41, 5.74) is 0. The molecule has 4 nitrogen and oxygen atoms in total. The number of esters is 1. The van der Waals surface area contributed by atoms with E-state index in [1.807, 2.05) is 5.32 Å². The van der Waals surface area contributed by atoms with Crippen molar-refractivity contribution in [2.24, 2.45) is 0 Å². The molecular weight excluding hydrogens is 220 g/mol. The van der Waals surface area contributed by atoms with E-state index < -0.39 is 23.8 Å². The maximum Gasteiger partial charge on any atom is 0.354 e. The van der Waals surface area contributed by atoms with Gasteiger partial charge in [0, 0.05) is 0 Å². The van der Waals surface area contributed by atoms with E-state index >= 15 is 0 Å². The van der Waals surface area contributed by atoms with Crippen LogP contribution in [0.15, 0.2) is 0 Å². The number of rotatable bonds is 2. The molecule has 1 N–H and O–H groups in total. The molecule has 6 heteroatoms. The molecule has 1 saturated carbocycles. The normalized spacial score (nSPS) is 29.1. The van der Waals surface area contributed by atoms with Crippen molar-refractivity contribution >= 4 is 11.9 Å². The van der Waals surface area contributed by atoms with Crippen LogP contribution in [0.5, 0.6) is 0 Å². The highest BCUT2D eigenvalue weighted by atomic mass is 19.3. The molecule has 0 spiro atoms. The van der Waals surface area contributed by atoms with E-state index in [0.29, 0.717) is 0 Å². The highest BCUT2D eigenvalue weighted by Gasteiger charge is 2.62. The van der Waals surface area contributed by atoms with Crippen LogP contribution >= 0.6 is 0 Å². The maximum atomic E-state index is 12.9. The van der Waals surface area contributed by atoms with Crippen LogP contribution in [0.4, 0.5) is 8.78 Å². The summed E-state index contributed by atoms with van der Waals surface area (Å²) >= 11 is 0. The first-order valence-electron chi connectivity index (χ1n) is 5.41. The summed E-state index contributed by atoms with van der Waals surface area (Å²) in [4.78, 5) is 21.8. The Kier molecular flexibility index (Phi) is 2.82. The predicted octanol–water partition coefficient (Wildman–Crippen LogP) is 0.996. The summed E-state index contributed by atoms with van der Waals surface area (Å²) in [6, 6.07) is -1.79. The third-order valence-corrected chi connectivity index (χ3v) is 3.01. The standard InChI is InChI=1S/C10H13F2NO3/c11-10(12)7(13-9(10)15)8(14)16-6-4-2-1-3-5-6/h6-7H,1-5H2,(H,13,15)/t7-/m1/s1. The molecule has 1 heterocycles. The van der Waals surface area contributed by atoms with Gasteiger partial charge < -0.3 is 10.1 Å². The Balaban J connectivity index is 1.86. The number of hydrogen-bond donors (Lipinski definition) is 1. The van der Waals surface area contributed by atoms with Crippen molar-refractivity contribution in [1.29, 1.82) is 0 Å². The number of nitrogens with one attached hydrogen (secondary N) is 1. The lowest BCUT2D eigenvalue weighted by molar-refractivity contribution is -0.188. The van der Waals surface area contributed by atoms with E-state index in [1.165, 1.54) is 0 Å². The second-order valence-corrected chi connectivity index (χ2v) is 4.23. The zero-order valence-corrected chi connectivity index (χ0v) is 8.67. The van der Waals surface area contributed by atoms with Gasteiger partial charge in [0.2, 0.25) is 6.04 Å². The molecule has 2 rings (SSSR count). The third-order valence-electron chi connectivity index (χ3n) is 3.01. The van der Waals surface area contributed by atoms with Gasteiger partial charge >= 0.3 is 11.9 Å². The zero-order chi connectivity index (χ0) is 11.8. The molecule has 0 radical (unpaired) electrons. The quantitative estimate of drug-likeness (QED) is 0.571. The molecule has 0 aromatic carbocycles. The van der Waals surface area contributed by atoms with Crippen molar-refractivity contribution in [3.8, 4) is 0 Å². The molecule has 0 aromatic heterocycles. The highest BCUT2D eigenvalue weighted by molar-refractivity contribution is 6.01. The summed E-state index contributed by atoms with van der Waals surface area (Å²) in [6.45, 7) is 0. The Bertz CT molecular complexity index is 313. The summed E-state index contributed by atoms with van der Waals surface area (Å²) in [5.74, 6) is -6.03. The molecule has 1 saturated heterocycles. The molecule has 0 aromatic rings. The minimum atomic E-state index is -3.61. The fraction of sp³-hybridized carbons (Fsp3) is 0.800. The number of ether oxygens (including phenoxy) is 1. The van der Waals surface area contributed by atoms with Gasteiger partial charge in [0.25, 0.3) is 5.91 Å². The second-order valence-electron chi connectivity index (χ2n) is 4.23. The van der Waals surface area contributed by atoms with E-state index in [2.05, 4.69) is 0 Å². The summed E-state index contributed by atoms with van der Waals surface area (Å²) in [7, 11) is 0. The van der Waals surface area contributed by atoms with Crippen molar-refractivity contribution in [2.45, 2.75) is 50.2 Å². The van der Waals surface area contributed by atoms with Gasteiger partial charge in [0.05, 0.1) is 0 Å². The molecule has 90 valence electrons. The number of halogens is 2. The van der Waals surface area contributed by atoms with Gasteiger partial charge in [0.15, 0.2) is 0 Å². The number of carbonyl (C=O) groups is 2. The minimum Gasteiger partial charge on any atom is -0.461 e. The monoisotopic (exact) mass is 233 g/mol. The molecule has 2 aliphatic rings. The van der Waals surface area contributed by atoms with Gasteiger partial charge in [-0.1, -0.05) is 6.42 Å². The van der Waals surface area contributed by atoms with Crippen molar-refractivity contribution < 1.29 is 23.1 Å². The molecule has 0 unspecified atom stereocenters. The van der Waals surface area contributed by atoms with Crippen LogP contribution in [0.25, 0.3) is 0 Å². The van der Waals surface area contributed by atoms with Gasteiger partial charge in [-0.15, -0.1) is 0 Å². The number of alkyl halides is 2. The zero-order valence-electron chi connectivity index (χ0n) is 8.67. The Hall–Kier alpha value is -1.20. The van der Waals surface area contributed by atoms with Crippen LogP contribution < -0.4 is 5.32 Å². The van der Waals surface area contributed by atoms with Gasteiger partial charge in [-0.2, -0.15) is 8.78 Å². The number of β-lactam (4-membered cyclic amide) rings is 1. The first-order chi connectivity index (χ1) is 7.51. The molecule has 16 heavy (non-hydrogen) atoms. The fourth-order valence-corrected chi connectivity index (χ4v) is 1.99. The van der Waals surface area contributed by atoms with Gasteiger partial charge in [-0.25, -0.2) is 4.79 Å². The molecule has 0 bridgehead atoms. The smallest absolute Gasteiger partial charge is 0.354 e. The van der Waals surface area contributed by atoms with Gasteiger partial charge in [0.1, 0.15) is 6.10 Å². The minimum absolute atomic E-state index is 0.269. The first kappa shape index (κ1) is 11.3. The van der Waals surface area contributed by atoms with Crippen molar-refractivity contribution in [2.75, 3.05) is 0 Å². The van der Waals surface area contributed by atoms with Crippen molar-refractivity contribution in [1.82, 2.24) is 5.32 Å². The van der Waals surface area contributed by atoms with Crippen molar-refractivity contribution in [3.63, 3.8) is 0 Å². The summed E-state index contributed by atoms with van der Waals surface area (Å²) in [5, 5.41) is 1.86. The van der Waals surface area contributed by atoms with E-state index in [0.717, 1.165) is 32.1 Å². The molecular formula is C10H13F2NO3. The number of carbonyl (C=O) groups excluding carboxylic acids is 2. The Morgan fingerprint density at radius 3 is 2.44 bits per heavy atom. The molecule has 1 atom stereocenters. The van der Waals surface area contributed by atoms with Crippen molar-refractivity contribution in [3.05, 3.63) is 0 Å². The molecule has 1 aliphatic heterocycles.